The SMILES string of the molecule is CC(C)N(CC(N)=O)c1ccc([C@@H](C)O)nc1. The van der Waals surface area contributed by atoms with Gasteiger partial charge in [0.05, 0.1) is 30.2 Å². The van der Waals surface area contributed by atoms with Crippen LogP contribution in [-0.2, 0) is 4.79 Å². The largest absolute Gasteiger partial charge is 0.387 e. The summed E-state index contributed by atoms with van der Waals surface area (Å²) in [6, 6.07) is 3.73. The van der Waals surface area contributed by atoms with E-state index in [4.69, 9.17) is 5.73 Å². The lowest BCUT2D eigenvalue weighted by Gasteiger charge is -2.27. The van der Waals surface area contributed by atoms with Gasteiger partial charge in [-0.3, -0.25) is 9.78 Å². The Balaban J connectivity index is 2.91. The molecule has 0 saturated heterocycles. The summed E-state index contributed by atoms with van der Waals surface area (Å²) >= 11 is 0. The van der Waals surface area contributed by atoms with E-state index in [1.165, 1.54) is 0 Å². The molecule has 5 nitrogen and oxygen atoms in total. The van der Waals surface area contributed by atoms with E-state index in [0.717, 1.165) is 5.69 Å². The number of amides is 1. The molecular formula is C12H19N3O2. The molecule has 0 aromatic carbocycles. The third-order valence-corrected chi connectivity index (χ3v) is 2.48. The topological polar surface area (TPSA) is 79.5 Å². The maximum Gasteiger partial charge on any atom is 0.236 e. The second-order valence-corrected chi connectivity index (χ2v) is 4.31. The molecule has 0 saturated carbocycles. The minimum Gasteiger partial charge on any atom is -0.387 e. The summed E-state index contributed by atoms with van der Waals surface area (Å²) in [7, 11) is 0. The molecule has 17 heavy (non-hydrogen) atoms. The number of primary amides is 1. The average Bonchev–Trinajstić information content (AvgIpc) is 2.25. The fourth-order valence-electron chi connectivity index (χ4n) is 1.55. The average molecular weight is 237 g/mol. The molecule has 1 aromatic rings. The molecule has 0 radical (unpaired) electrons. The summed E-state index contributed by atoms with van der Waals surface area (Å²) < 4.78 is 0. The number of pyridine rings is 1. The quantitative estimate of drug-likeness (QED) is 0.795. The van der Waals surface area contributed by atoms with Crippen LogP contribution in [0.15, 0.2) is 18.3 Å². The normalized spacial score (nSPS) is 12.5. The highest BCUT2D eigenvalue weighted by Crippen LogP contribution is 2.18. The molecule has 0 fully saturated rings. The number of hydrogen-bond donors (Lipinski definition) is 2. The number of carbonyl (C=O) groups is 1. The van der Waals surface area contributed by atoms with Gasteiger partial charge in [0, 0.05) is 6.04 Å². The fourth-order valence-corrected chi connectivity index (χ4v) is 1.55. The molecule has 1 rings (SSSR count). The van der Waals surface area contributed by atoms with Gasteiger partial charge in [-0.05, 0) is 32.9 Å². The molecule has 0 spiro atoms. The molecular weight excluding hydrogens is 218 g/mol. The van der Waals surface area contributed by atoms with Gasteiger partial charge in [0.2, 0.25) is 5.91 Å². The van der Waals surface area contributed by atoms with Crippen molar-refractivity contribution < 1.29 is 9.90 Å². The van der Waals surface area contributed by atoms with Crippen LogP contribution in [0.3, 0.4) is 0 Å². The first-order chi connectivity index (χ1) is 7.91. The van der Waals surface area contributed by atoms with Gasteiger partial charge in [0.25, 0.3) is 0 Å². The van der Waals surface area contributed by atoms with Gasteiger partial charge in [-0.2, -0.15) is 0 Å². The van der Waals surface area contributed by atoms with Crippen LogP contribution < -0.4 is 10.6 Å². The third-order valence-electron chi connectivity index (χ3n) is 2.48. The van der Waals surface area contributed by atoms with Crippen molar-refractivity contribution in [3.63, 3.8) is 0 Å². The molecule has 1 heterocycles. The molecule has 0 aliphatic heterocycles. The predicted octanol–water partition coefficient (Wildman–Crippen LogP) is 0.835. The summed E-state index contributed by atoms with van der Waals surface area (Å²) in [4.78, 5) is 17.0. The second kappa shape index (κ2) is 5.63. The van der Waals surface area contributed by atoms with Crippen molar-refractivity contribution in [1.82, 2.24) is 4.98 Å². The minimum absolute atomic E-state index is 0.154. The smallest absolute Gasteiger partial charge is 0.236 e. The monoisotopic (exact) mass is 237 g/mol. The number of anilines is 1. The van der Waals surface area contributed by atoms with E-state index in [1.807, 2.05) is 24.8 Å². The van der Waals surface area contributed by atoms with Gasteiger partial charge in [0.15, 0.2) is 0 Å². The summed E-state index contributed by atoms with van der Waals surface area (Å²) in [6.45, 7) is 5.77. The standard InChI is InChI=1S/C12H19N3O2/c1-8(2)15(7-12(13)17)10-4-5-11(9(3)16)14-6-10/h4-6,8-9,16H,7H2,1-3H3,(H2,13,17)/t9-/m1/s1. The van der Waals surface area contributed by atoms with Crippen LogP contribution >= 0.6 is 0 Å². The number of aromatic nitrogens is 1. The molecule has 0 unspecified atom stereocenters. The van der Waals surface area contributed by atoms with Crippen LogP contribution in [0.2, 0.25) is 0 Å². The van der Waals surface area contributed by atoms with Crippen molar-refractivity contribution in [2.24, 2.45) is 5.73 Å². The highest BCUT2D eigenvalue weighted by Gasteiger charge is 2.13. The number of nitrogens with zero attached hydrogens (tertiary/aromatic N) is 2. The summed E-state index contributed by atoms with van der Waals surface area (Å²) in [5.41, 5.74) is 6.64. The van der Waals surface area contributed by atoms with E-state index in [0.29, 0.717) is 5.69 Å². The zero-order chi connectivity index (χ0) is 13.0. The van der Waals surface area contributed by atoms with Crippen molar-refractivity contribution >= 4 is 11.6 Å². The lowest BCUT2D eigenvalue weighted by Crippen LogP contribution is -2.38. The molecule has 1 amide bonds. The number of rotatable bonds is 5. The molecule has 3 N–H and O–H groups in total. The van der Waals surface area contributed by atoms with Gasteiger partial charge in [0.1, 0.15) is 0 Å². The van der Waals surface area contributed by atoms with Crippen LogP contribution in [0.4, 0.5) is 5.69 Å². The van der Waals surface area contributed by atoms with Crippen LogP contribution in [0, 0.1) is 0 Å². The zero-order valence-electron chi connectivity index (χ0n) is 10.4. The molecule has 0 aliphatic rings. The van der Waals surface area contributed by atoms with Crippen LogP contribution in [0.5, 0.6) is 0 Å². The first-order valence-corrected chi connectivity index (χ1v) is 5.60. The van der Waals surface area contributed by atoms with Crippen LogP contribution in [0.1, 0.15) is 32.6 Å². The first kappa shape index (κ1) is 13.4. The molecule has 0 bridgehead atoms. The second-order valence-electron chi connectivity index (χ2n) is 4.31. The predicted molar refractivity (Wildman–Crippen MR) is 66.5 cm³/mol. The number of nitrogens with two attached hydrogens (primary N) is 1. The number of carbonyl (C=O) groups excluding carboxylic acids is 1. The third kappa shape index (κ3) is 3.71. The van der Waals surface area contributed by atoms with E-state index >= 15 is 0 Å². The van der Waals surface area contributed by atoms with Gasteiger partial charge in [-0.25, -0.2) is 0 Å². The summed E-state index contributed by atoms with van der Waals surface area (Å²) in [5, 5.41) is 9.36. The van der Waals surface area contributed by atoms with Crippen molar-refractivity contribution in [3.05, 3.63) is 24.0 Å². The Labute approximate surface area is 101 Å². The van der Waals surface area contributed by atoms with E-state index in [1.54, 1.807) is 19.2 Å². The molecule has 0 aliphatic carbocycles. The number of aliphatic hydroxyl groups excluding tert-OH is 1. The minimum atomic E-state index is -0.590. The van der Waals surface area contributed by atoms with Crippen LogP contribution in [-0.4, -0.2) is 28.6 Å². The lowest BCUT2D eigenvalue weighted by atomic mass is 10.2. The highest BCUT2D eigenvalue weighted by molar-refractivity contribution is 5.79. The highest BCUT2D eigenvalue weighted by atomic mass is 16.3. The lowest BCUT2D eigenvalue weighted by molar-refractivity contribution is -0.116. The maximum atomic E-state index is 11.0. The molecule has 5 heteroatoms. The fraction of sp³-hybridized carbons (Fsp3) is 0.500. The Morgan fingerprint density at radius 2 is 2.12 bits per heavy atom. The van der Waals surface area contributed by atoms with E-state index < -0.39 is 6.10 Å². The van der Waals surface area contributed by atoms with E-state index in [-0.39, 0.29) is 18.5 Å². The summed E-state index contributed by atoms with van der Waals surface area (Å²) in [6.07, 6.45) is 1.05. The number of hydrogen-bond acceptors (Lipinski definition) is 4. The van der Waals surface area contributed by atoms with Crippen molar-refractivity contribution in [2.45, 2.75) is 32.9 Å². The molecule has 1 atom stereocenters. The van der Waals surface area contributed by atoms with Crippen molar-refractivity contribution in [2.75, 3.05) is 11.4 Å². The first-order valence-electron chi connectivity index (χ1n) is 5.60. The molecule has 1 aromatic heterocycles. The number of aliphatic hydroxyl groups is 1. The Bertz CT molecular complexity index is 374. The molecule has 94 valence electrons. The Kier molecular flexibility index (Phi) is 4.45. The van der Waals surface area contributed by atoms with Crippen molar-refractivity contribution in [3.8, 4) is 0 Å². The van der Waals surface area contributed by atoms with Crippen LogP contribution in [0.25, 0.3) is 0 Å². The van der Waals surface area contributed by atoms with Gasteiger partial charge in [-0.15, -0.1) is 0 Å². The maximum absolute atomic E-state index is 11.0. The Hall–Kier alpha value is -1.62. The van der Waals surface area contributed by atoms with Crippen molar-refractivity contribution in [1.29, 1.82) is 0 Å². The van der Waals surface area contributed by atoms with E-state index in [9.17, 15) is 9.90 Å². The van der Waals surface area contributed by atoms with Gasteiger partial charge in [-0.1, -0.05) is 0 Å². The van der Waals surface area contributed by atoms with Gasteiger partial charge < -0.3 is 15.7 Å². The van der Waals surface area contributed by atoms with Gasteiger partial charge >= 0.3 is 0 Å². The Morgan fingerprint density at radius 3 is 2.47 bits per heavy atom. The summed E-state index contributed by atoms with van der Waals surface area (Å²) in [5.74, 6) is -0.377. The Morgan fingerprint density at radius 1 is 1.47 bits per heavy atom. The zero-order valence-corrected chi connectivity index (χ0v) is 10.4. The van der Waals surface area contributed by atoms with E-state index in [2.05, 4.69) is 4.98 Å².